The number of rotatable bonds is 5. The van der Waals surface area contributed by atoms with Gasteiger partial charge in [0.25, 0.3) is 0 Å². The van der Waals surface area contributed by atoms with Gasteiger partial charge in [0.05, 0.1) is 6.10 Å². The molecule has 0 radical (unpaired) electrons. The Kier molecular flexibility index (Phi) is 5.30. The van der Waals surface area contributed by atoms with Crippen LogP contribution in [0.5, 0.6) is 0 Å². The van der Waals surface area contributed by atoms with E-state index in [1.165, 1.54) is 13.1 Å². The van der Waals surface area contributed by atoms with Crippen molar-refractivity contribution in [3.63, 3.8) is 0 Å². The van der Waals surface area contributed by atoms with Gasteiger partial charge in [0, 0.05) is 24.9 Å². The molecule has 0 saturated carbocycles. The highest BCUT2D eigenvalue weighted by Gasteiger charge is 2.26. The highest BCUT2D eigenvalue weighted by Crippen LogP contribution is 2.19. The molecule has 18 heavy (non-hydrogen) atoms. The van der Waals surface area contributed by atoms with Crippen LogP contribution in [-0.2, 0) is 19.1 Å². The Morgan fingerprint density at radius 3 is 2.61 bits per heavy atom. The third-order valence-electron chi connectivity index (χ3n) is 2.38. The zero-order valence-corrected chi connectivity index (χ0v) is 10.8. The molecule has 2 atom stereocenters. The van der Waals surface area contributed by atoms with Crippen LogP contribution >= 0.6 is 0 Å². The van der Waals surface area contributed by atoms with E-state index < -0.39 is 18.0 Å². The summed E-state index contributed by atoms with van der Waals surface area (Å²) in [4.78, 5) is 26.9. The van der Waals surface area contributed by atoms with Crippen molar-refractivity contribution >= 4 is 11.9 Å². The Hall–Kier alpha value is -1.91. The molecule has 5 heteroatoms. The molecule has 1 aromatic rings. The third-order valence-corrected chi connectivity index (χ3v) is 2.38. The van der Waals surface area contributed by atoms with Crippen molar-refractivity contribution in [2.45, 2.75) is 39.4 Å². The van der Waals surface area contributed by atoms with Crippen LogP contribution in [0.25, 0.3) is 0 Å². The number of hydrogen-bond acceptors (Lipinski definition) is 5. The molecule has 0 aliphatic rings. The largest absolute Gasteiger partial charge is 0.460 e. The van der Waals surface area contributed by atoms with E-state index in [9.17, 15) is 9.59 Å². The van der Waals surface area contributed by atoms with Gasteiger partial charge in [-0.25, -0.2) is 4.79 Å². The van der Waals surface area contributed by atoms with Crippen LogP contribution in [0, 0.1) is 0 Å². The topological polar surface area (TPSA) is 65.5 Å². The van der Waals surface area contributed by atoms with Gasteiger partial charge in [0.2, 0.25) is 6.10 Å². The monoisotopic (exact) mass is 251 g/mol. The number of pyridine rings is 1. The molecule has 0 amide bonds. The summed E-state index contributed by atoms with van der Waals surface area (Å²) >= 11 is 0. The average molecular weight is 251 g/mol. The third kappa shape index (κ3) is 4.16. The minimum atomic E-state index is -1.05. The second-order valence-electron chi connectivity index (χ2n) is 3.93. The molecular weight excluding hydrogens is 234 g/mol. The van der Waals surface area contributed by atoms with Crippen LogP contribution in [0.3, 0.4) is 0 Å². The van der Waals surface area contributed by atoms with Gasteiger partial charge in [0.15, 0.2) is 0 Å². The summed E-state index contributed by atoms with van der Waals surface area (Å²) in [7, 11) is 0. The number of carbonyl (C=O) groups excluding carboxylic acids is 2. The van der Waals surface area contributed by atoms with Crippen LogP contribution in [0.1, 0.15) is 38.9 Å². The molecular formula is C13H17NO4. The molecule has 1 heterocycles. The maximum absolute atomic E-state index is 11.9. The summed E-state index contributed by atoms with van der Waals surface area (Å²) in [6.45, 7) is 4.94. The van der Waals surface area contributed by atoms with Gasteiger partial charge in [-0.1, -0.05) is 13.0 Å². The number of hydrogen-bond donors (Lipinski definition) is 0. The van der Waals surface area contributed by atoms with Gasteiger partial charge in [0.1, 0.15) is 0 Å². The molecule has 1 aromatic heterocycles. The Morgan fingerprint density at radius 2 is 2.11 bits per heavy atom. The first-order chi connectivity index (χ1) is 8.54. The molecule has 98 valence electrons. The maximum atomic E-state index is 11.9. The molecule has 0 fully saturated rings. The SMILES string of the molecule is CCC(C)OC(=O)C(OC(C)=O)c1cccnc1. The zero-order valence-electron chi connectivity index (χ0n) is 10.8. The Morgan fingerprint density at radius 1 is 1.39 bits per heavy atom. The van der Waals surface area contributed by atoms with Crippen LogP contribution in [0.2, 0.25) is 0 Å². The van der Waals surface area contributed by atoms with Gasteiger partial charge in [-0.05, 0) is 19.4 Å². The number of nitrogens with zero attached hydrogens (tertiary/aromatic N) is 1. The van der Waals surface area contributed by atoms with E-state index >= 15 is 0 Å². The molecule has 5 nitrogen and oxygen atoms in total. The minimum Gasteiger partial charge on any atom is -0.460 e. The number of aromatic nitrogens is 1. The van der Waals surface area contributed by atoms with Gasteiger partial charge in [-0.3, -0.25) is 9.78 Å². The predicted octanol–water partition coefficient (Wildman–Crippen LogP) is 2.03. The second-order valence-corrected chi connectivity index (χ2v) is 3.93. The quantitative estimate of drug-likeness (QED) is 0.749. The maximum Gasteiger partial charge on any atom is 0.352 e. The fourth-order valence-electron chi connectivity index (χ4n) is 1.29. The molecule has 0 saturated heterocycles. The molecule has 0 bridgehead atoms. The predicted molar refractivity (Wildman–Crippen MR) is 64.6 cm³/mol. The van der Waals surface area contributed by atoms with Crippen molar-refractivity contribution in [3.05, 3.63) is 30.1 Å². The summed E-state index contributed by atoms with van der Waals surface area (Å²) in [6, 6.07) is 3.33. The number of carbonyl (C=O) groups is 2. The molecule has 0 spiro atoms. The highest BCUT2D eigenvalue weighted by atomic mass is 16.6. The first-order valence-electron chi connectivity index (χ1n) is 5.82. The minimum absolute atomic E-state index is 0.216. The fraction of sp³-hybridized carbons (Fsp3) is 0.462. The van der Waals surface area contributed by atoms with Crippen LogP contribution in [-0.4, -0.2) is 23.0 Å². The molecule has 1 rings (SSSR count). The van der Waals surface area contributed by atoms with Crippen molar-refractivity contribution < 1.29 is 19.1 Å². The lowest BCUT2D eigenvalue weighted by molar-refractivity contribution is -0.170. The van der Waals surface area contributed by atoms with E-state index in [1.807, 2.05) is 6.92 Å². The van der Waals surface area contributed by atoms with Gasteiger partial charge < -0.3 is 9.47 Å². The van der Waals surface area contributed by atoms with Crippen LogP contribution in [0.4, 0.5) is 0 Å². The molecule has 0 aliphatic heterocycles. The fourth-order valence-corrected chi connectivity index (χ4v) is 1.29. The Labute approximate surface area is 106 Å². The molecule has 0 aromatic carbocycles. The van der Waals surface area contributed by atoms with E-state index in [4.69, 9.17) is 9.47 Å². The summed E-state index contributed by atoms with van der Waals surface area (Å²) < 4.78 is 10.2. The van der Waals surface area contributed by atoms with E-state index in [0.717, 1.165) is 0 Å². The van der Waals surface area contributed by atoms with Crippen LogP contribution in [0.15, 0.2) is 24.5 Å². The Balaban J connectivity index is 2.85. The van der Waals surface area contributed by atoms with Gasteiger partial charge >= 0.3 is 11.9 Å². The molecule has 0 N–H and O–H groups in total. The highest BCUT2D eigenvalue weighted by molar-refractivity contribution is 5.80. The van der Waals surface area contributed by atoms with Crippen molar-refractivity contribution in [2.75, 3.05) is 0 Å². The summed E-state index contributed by atoms with van der Waals surface area (Å²) in [5.41, 5.74) is 0.501. The average Bonchev–Trinajstić information content (AvgIpc) is 2.36. The summed E-state index contributed by atoms with van der Waals surface area (Å²) in [5, 5.41) is 0. The van der Waals surface area contributed by atoms with E-state index in [0.29, 0.717) is 12.0 Å². The van der Waals surface area contributed by atoms with Crippen molar-refractivity contribution in [3.8, 4) is 0 Å². The van der Waals surface area contributed by atoms with Crippen molar-refractivity contribution in [2.24, 2.45) is 0 Å². The first kappa shape index (κ1) is 14.2. The lowest BCUT2D eigenvalue weighted by atomic mass is 10.1. The van der Waals surface area contributed by atoms with E-state index in [1.54, 1.807) is 25.3 Å². The summed E-state index contributed by atoms with van der Waals surface area (Å²) in [6.07, 6.45) is 2.49. The van der Waals surface area contributed by atoms with E-state index in [-0.39, 0.29) is 6.10 Å². The summed E-state index contributed by atoms with van der Waals surface area (Å²) in [5.74, 6) is -1.11. The lowest BCUT2D eigenvalue weighted by Gasteiger charge is -2.18. The van der Waals surface area contributed by atoms with Gasteiger partial charge in [-0.15, -0.1) is 0 Å². The smallest absolute Gasteiger partial charge is 0.352 e. The zero-order chi connectivity index (χ0) is 13.5. The normalized spacial score (nSPS) is 13.5. The lowest BCUT2D eigenvalue weighted by Crippen LogP contribution is -2.24. The Bertz CT molecular complexity index is 405. The number of ether oxygens (including phenoxy) is 2. The van der Waals surface area contributed by atoms with Crippen molar-refractivity contribution in [1.29, 1.82) is 0 Å². The second kappa shape index (κ2) is 6.74. The molecule has 2 unspecified atom stereocenters. The number of esters is 2. The van der Waals surface area contributed by atoms with Gasteiger partial charge in [-0.2, -0.15) is 0 Å². The van der Waals surface area contributed by atoms with E-state index in [2.05, 4.69) is 4.98 Å². The first-order valence-corrected chi connectivity index (χ1v) is 5.82. The molecule has 0 aliphatic carbocycles. The standard InChI is InChI=1S/C13H17NO4/c1-4-9(2)17-13(16)12(18-10(3)15)11-6-5-7-14-8-11/h5-9,12H,4H2,1-3H3. The van der Waals surface area contributed by atoms with Crippen LogP contribution < -0.4 is 0 Å². The van der Waals surface area contributed by atoms with Crippen molar-refractivity contribution in [1.82, 2.24) is 4.98 Å².